The number of carbonyl (C=O) groups is 3. The molecule has 0 aliphatic heterocycles. The maximum atomic E-state index is 12.2. The maximum absolute atomic E-state index is 12.2. The minimum atomic E-state index is -0.780. The molecule has 0 saturated carbocycles. The Balaban J connectivity index is 2.01. The van der Waals surface area contributed by atoms with Crippen molar-refractivity contribution >= 4 is 29.5 Å². The van der Waals surface area contributed by atoms with Gasteiger partial charge in [-0.15, -0.1) is 0 Å². The number of benzene rings is 1. The van der Waals surface area contributed by atoms with Crippen LogP contribution in [0.15, 0.2) is 30.3 Å². The topological polar surface area (TPSA) is 102 Å². The lowest BCUT2D eigenvalue weighted by Gasteiger charge is -2.06. The molecule has 26 heavy (non-hydrogen) atoms. The first-order chi connectivity index (χ1) is 12.4. The van der Waals surface area contributed by atoms with Crippen molar-refractivity contribution in [3.05, 3.63) is 52.3 Å². The van der Waals surface area contributed by atoms with Crippen LogP contribution < -0.4 is 10.6 Å². The van der Waals surface area contributed by atoms with Crippen molar-refractivity contribution in [1.29, 1.82) is 0 Å². The Hall–Kier alpha value is -2.87. The molecule has 0 aliphatic rings. The smallest absolute Gasteiger partial charge is 0.343 e. The molecule has 0 aliphatic carbocycles. The van der Waals surface area contributed by atoms with Crippen LogP contribution in [0.4, 0.5) is 4.79 Å². The van der Waals surface area contributed by atoms with Crippen molar-refractivity contribution < 1.29 is 19.1 Å². The van der Waals surface area contributed by atoms with Crippen molar-refractivity contribution in [2.45, 2.75) is 20.4 Å². The third-order valence-electron chi connectivity index (χ3n) is 3.37. The van der Waals surface area contributed by atoms with Gasteiger partial charge in [-0.2, -0.15) is 5.10 Å². The molecular formula is C17H19ClN4O4. The molecule has 2 N–H and O–H groups in total. The molecule has 0 atom stereocenters. The molecule has 3 amide bonds. The van der Waals surface area contributed by atoms with Gasteiger partial charge in [0.1, 0.15) is 10.7 Å². The molecule has 1 aromatic carbocycles. The van der Waals surface area contributed by atoms with E-state index in [0.717, 1.165) is 5.56 Å². The number of urea groups is 1. The van der Waals surface area contributed by atoms with E-state index in [1.165, 1.54) is 4.68 Å². The second kappa shape index (κ2) is 9.00. The van der Waals surface area contributed by atoms with Gasteiger partial charge in [0.05, 0.1) is 12.2 Å². The number of hydrogen-bond acceptors (Lipinski definition) is 5. The van der Waals surface area contributed by atoms with E-state index in [1.807, 2.05) is 35.6 Å². The number of hydrogen-bond donors (Lipinski definition) is 2. The summed E-state index contributed by atoms with van der Waals surface area (Å²) in [6, 6.07) is 8.85. The number of carbonyl (C=O) groups excluding carboxylic acids is 3. The van der Waals surface area contributed by atoms with Crippen LogP contribution in [0.1, 0.15) is 28.5 Å². The van der Waals surface area contributed by atoms with Gasteiger partial charge >= 0.3 is 12.0 Å². The molecule has 2 aromatic rings. The average molecular weight is 379 g/mol. The number of aromatic nitrogens is 2. The zero-order chi connectivity index (χ0) is 19.1. The molecule has 8 nitrogen and oxygen atoms in total. The number of nitrogens with zero attached hydrogens (tertiary/aromatic N) is 2. The summed E-state index contributed by atoms with van der Waals surface area (Å²) in [5, 5.41) is 8.80. The van der Waals surface area contributed by atoms with Gasteiger partial charge in [-0.1, -0.05) is 41.9 Å². The van der Waals surface area contributed by atoms with Crippen LogP contribution >= 0.6 is 11.6 Å². The number of imide groups is 1. The Kier molecular flexibility index (Phi) is 6.74. The normalized spacial score (nSPS) is 10.3. The molecule has 0 radical (unpaired) electrons. The van der Waals surface area contributed by atoms with Gasteiger partial charge in [-0.3, -0.25) is 10.1 Å². The van der Waals surface area contributed by atoms with Crippen LogP contribution in [0.5, 0.6) is 0 Å². The first kappa shape index (κ1) is 19.5. The van der Waals surface area contributed by atoms with Gasteiger partial charge in [0.2, 0.25) is 0 Å². The summed E-state index contributed by atoms with van der Waals surface area (Å²) in [5.74, 6) is -1.52. The molecule has 9 heteroatoms. The quantitative estimate of drug-likeness (QED) is 0.747. The van der Waals surface area contributed by atoms with Crippen molar-refractivity contribution in [3.63, 3.8) is 0 Å². The summed E-state index contributed by atoms with van der Waals surface area (Å²) in [6.07, 6.45) is 0. The van der Waals surface area contributed by atoms with Crippen molar-refractivity contribution in [2.24, 2.45) is 0 Å². The highest BCUT2D eigenvalue weighted by Gasteiger charge is 2.22. The summed E-state index contributed by atoms with van der Waals surface area (Å²) in [5.41, 5.74) is 1.45. The molecule has 2 rings (SSSR count). The van der Waals surface area contributed by atoms with E-state index in [-0.39, 0.29) is 10.7 Å². The standard InChI is InChI=1S/C17H19ClN4O4/c1-3-19-17(25)20-13(23)10-26-16(24)14-11(2)21-22(15(14)18)9-12-7-5-4-6-8-12/h4-8H,3,9-10H2,1-2H3,(H2,19,20,23,25). The summed E-state index contributed by atoms with van der Waals surface area (Å²) in [7, 11) is 0. The van der Waals surface area contributed by atoms with Gasteiger partial charge in [0.15, 0.2) is 6.61 Å². The Morgan fingerprint density at radius 3 is 2.58 bits per heavy atom. The predicted octanol–water partition coefficient (Wildman–Crippen LogP) is 1.90. The highest BCUT2D eigenvalue weighted by Crippen LogP contribution is 2.21. The van der Waals surface area contributed by atoms with Crippen LogP contribution in [0.2, 0.25) is 5.15 Å². The minimum absolute atomic E-state index is 0.0911. The molecule has 0 bridgehead atoms. The third-order valence-corrected chi connectivity index (χ3v) is 3.75. The van der Waals surface area contributed by atoms with Gasteiger partial charge in [-0.05, 0) is 19.4 Å². The zero-order valence-corrected chi connectivity index (χ0v) is 15.2. The number of halogens is 1. The number of ether oxygens (including phenoxy) is 1. The Bertz CT molecular complexity index is 805. The molecule has 0 saturated heterocycles. The van der Waals surface area contributed by atoms with Crippen LogP contribution in [0, 0.1) is 6.92 Å². The molecule has 0 unspecified atom stereocenters. The van der Waals surface area contributed by atoms with E-state index in [4.69, 9.17) is 16.3 Å². The first-order valence-electron chi connectivity index (χ1n) is 7.94. The number of amides is 3. The number of esters is 1. The fourth-order valence-electron chi connectivity index (χ4n) is 2.22. The van der Waals surface area contributed by atoms with E-state index in [9.17, 15) is 14.4 Å². The molecule has 1 aromatic heterocycles. The molecule has 1 heterocycles. The van der Waals surface area contributed by atoms with E-state index < -0.39 is 24.5 Å². The maximum Gasteiger partial charge on any atom is 0.343 e. The molecule has 138 valence electrons. The summed E-state index contributed by atoms with van der Waals surface area (Å²) < 4.78 is 6.41. The number of aryl methyl sites for hydroxylation is 1. The van der Waals surface area contributed by atoms with Crippen LogP contribution in [-0.2, 0) is 16.1 Å². The lowest BCUT2D eigenvalue weighted by molar-refractivity contribution is -0.123. The number of rotatable bonds is 6. The summed E-state index contributed by atoms with van der Waals surface area (Å²) in [4.78, 5) is 35.0. The summed E-state index contributed by atoms with van der Waals surface area (Å²) >= 11 is 6.25. The fraction of sp³-hybridized carbons (Fsp3) is 0.294. The van der Waals surface area contributed by atoms with Gasteiger partial charge in [-0.25, -0.2) is 14.3 Å². The Labute approximate surface area is 155 Å². The fourth-order valence-corrected chi connectivity index (χ4v) is 2.53. The minimum Gasteiger partial charge on any atom is -0.452 e. The van der Waals surface area contributed by atoms with Gasteiger partial charge in [0.25, 0.3) is 5.91 Å². The zero-order valence-electron chi connectivity index (χ0n) is 14.4. The first-order valence-corrected chi connectivity index (χ1v) is 8.31. The van der Waals surface area contributed by atoms with E-state index >= 15 is 0 Å². The highest BCUT2D eigenvalue weighted by molar-refractivity contribution is 6.32. The van der Waals surface area contributed by atoms with Crippen molar-refractivity contribution in [3.8, 4) is 0 Å². The van der Waals surface area contributed by atoms with Crippen LogP contribution in [-0.4, -0.2) is 40.8 Å². The Morgan fingerprint density at radius 1 is 1.23 bits per heavy atom. The van der Waals surface area contributed by atoms with Crippen molar-refractivity contribution in [1.82, 2.24) is 20.4 Å². The van der Waals surface area contributed by atoms with Crippen LogP contribution in [0.3, 0.4) is 0 Å². The Morgan fingerprint density at radius 2 is 1.92 bits per heavy atom. The monoisotopic (exact) mass is 378 g/mol. The lowest BCUT2D eigenvalue weighted by Crippen LogP contribution is -2.41. The van der Waals surface area contributed by atoms with E-state index in [2.05, 4.69) is 10.4 Å². The average Bonchev–Trinajstić information content (AvgIpc) is 2.87. The van der Waals surface area contributed by atoms with Crippen molar-refractivity contribution in [2.75, 3.05) is 13.2 Å². The van der Waals surface area contributed by atoms with Crippen LogP contribution in [0.25, 0.3) is 0 Å². The highest BCUT2D eigenvalue weighted by atomic mass is 35.5. The summed E-state index contributed by atoms with van der Waals surface area (Å²) in [6.45, 7) is 3.50. The third kappa shape index (κ3) is 5.06. The lowest BCUT2D eigenvalue weighted by atomic mass is 10.2. The SMILES string of the molecule is CCNC(=O)NC(=O)COC(=O)c1c(C)nn(Cc2ccccc2)c1Cl. The predicted molar refractivity (Wildman–Crippen MR) is 95.0 cm³/mol. The molecule has 0 spiro atoms. The molecule has 0 fully saturated rings. The number of nitrogens with one attached hydrogen (secondary N) is 2. The molecular weight excluding hydrogens is 360 g/mol. The van der Waals surface area contributed by atoms with E-state index in [0.29, 0.717) is 18.8 Å². The largest absolute Gasteiger partial charge is 0.452 e. The van der Waals surface area contributed by atoms with Gasteiger partial charge in [0, 0.05) is 6.54 Å². The second-order valence-electron chi connectivity index (χ2n) is 5.38. The second-order valence-corrected chi connectivity index (χ2v) is 5.74. The van der Waals surface area contributed by atoms with Gasteiger partial charge < -0.3 is 10.1 Å². The van der Waals surface area contributed by atoms with E-state index in [1.54, 1.807) is 13.8 Å².